The van der Waals surface area contributed by atoms with E-state index in [9.17, 15) is 4.79 Å². The zero-order chi connectivity index (χ0) is 15.4. The van der Waals surface area contributed by atoms with Crippen LogP contribution in [-0.2, 0) is 9.22 Å². The fraction of sp³-hybridized carbons (Fsp3) is 0.643. The summed E-state index contributed by atoms with van der Waals surface area (Å²) in [7, 11) is 1.75. The van der Waals surface area contributed by atoms with Crippen molar-refractivity contribution in [1.29, 1.82) is 0 Å². The molecule has 0 aromatic carbocycles. The summed E-state index contributed by atoms with van der Waals surface area (Å²) >= 11 is 0. The molecular weight excluding hydrogens is 306 g/mol. The maximum atomic E-state index is 10.9. The van der Waals surface area contributed by atoms with Crippen molar-refractivity contribution >= 4 is 35.8 Å². The molecule has 1 N–H and O–H groups in total. The SMILES string of the molecule is CC(=O)NCC1=CC=C(CO[Si](C)(C)C(C)(C)C)SS1. The van der Waals surface area contributed by atoms with Crippen molar-refractivity contribution in [2.24, 2.45) is 0 Å². The second-order valence-electron chi connectivity index (χ2n) is 6.39. The molecule has 0 aromatic heterocycles. The Balaban J connectivity index is 2.49. The second-order valence-corrected chi connectivity index (χ2v) is 13.6. The molecule has 1 heterocycles. The molecule has 1 amide bonds. The monoisotopic (exact) mass is 331 g/mol. The number of allylic oxidation sites excluding steroid dienone is 2. The summed E-state index contributed by atoms with van der Waals surface area (Å²) in [6, 6.07) is 0. The van der Waals surface area contributed by atoms with Crippen LogP contribution >= 0.6 is 21.6 Å². The maximum absolute atomic E-state index is 10.9. The molecule has 0 saturated heterocycles. The lowest BCUT2D eigenvalue weighted by molar-refractivity contribution is -0.118. The molecule has 0 aromatic rings. The number of amides is 1. The van der Waals surface area contributed by atoms with Crippen molar-refractivity contribution in [3.05, 3.63) is 22.0 Å². The number of nitrogens with one attached hydrogen (secondary N) is 1. The number of carbonyl (C=O) groups excluding carboxylic acids is 1. The van der Waals surface area contributed by atoms with E-state index in [4.69, 9.17) is 4.43 Å². The molecule has 0 fully saturated rings. The zero-order valence-corrected chi connectivity index (χ0v) is 15.8. The summed E-state index contributed by atoms with van der Waals surface area (Å²) in [4.78, 5) is 13.3. The number of carbonyl (C=O) groups is 1. The Hall–Kier alpha value is -0.173. The molecule has 0 saturated carbocycles. The van der Waals surface area contributed by atoms with Gasteiger partial charge in [0.05, 0.1) is 6.61 Å². The van der Waals surface area contributed by atoms with Crippen molar-refractivity contribution < 1.29 is 9.22 Å². The van der Waals surface area contributed by atoms with Crippen molar-refractivity contribution in [3.63, 3.8) is 0 Å². The van der Waals surface area contributed by atoms with Crippen LogP contribution < -0.4 is 5.32 Å². The van der Waals surface area contributed by atoms with E-state index in [1.807, 2.05) is 0 Å². The Morgan fingerprint density at radius 1 is 1.25 bits per heavy atom. The lowest BCUT2D eigenvalue weighted by Crippen LogP contribution is -2.41. The van der Waals surface area contributed by atoms with Gasteiger partial charge in [-0.25, -0.2) is 0 Å². The van der Waals surface area contributed by atoms with Gasteiger partial charge in [-0.15, -0.1) is 0 Å². The van der Waals surface area contributed by atoms with Crippen LogP contribution in [-0.4, -0.2) is 27.4 Å². The van der Waals surface area contributed by atoms with Crippen molar-refractivity contribution in [3.8, 4) is 0 Å². The summed E-state index contributed by atoms with van der Waals surface area (Å²) in [5.41, 5.74) is 0. The van der Waals surface area contributed by atoms with Crippen LogP contribution in [0.1, 0.15) is 27.7 Å². The van der Waals surface area contributed by atoms with E-state index in [0.29, 0.717) is 13.2 Å². The smallest absolute Gasteiger partial charge is 0.217 e. The molecular formula is C14H25NO2S2Si. The molecule has 114 valence electrons. The highest BCUT2D eigenvalue weighted by Crippen LogP contribution is 2.42. The van der Waals surface area contributed by atoms with Gasteiger partial charge in [-0.1, -0.05) is 42.4 Å². The first kappa shape index (κ1) is 17.9. The van der Waals surface area contributed by atoms with E-state index < -0.39 is 8.32 Å². The molecule has 1 rings (SSSR count). The van der Waals surface area contributed by atoms with E-state index in [2.05, 4.69) is 51.3 Å². The summed E-state index contributed by atoms with van der Waals surface area (Å²) in [5.74, 6) is 0.00698. The van der Waals surface area contributed by atoms with Crippen LogP contribution in [0.4, 0.5) is 0 Å². The second kappa shape index (κ2) is 7.20. The zero-order valence-electron chi connectivity index (χ0n) is 13.2. The van der Waals surface area contributed by atoms with Gasteiger partial charge < -0.3 is 9.74 Å². The van der Waals surface area contributed by atoms with Crippen LogP contribution in [0.5, 0.6) is 0 Å². The average Bonchev–Trinajstić information content (AvgIpc) is 2.34. The van der Waals surface area contributed by atoms with Crippen molar-refractivity contribution in [2.45, 2.75) is 45.8 Å². The highest BCUT2D eigenvalue weighted by atomic mass is 33.1. The topological polar surface area (TPSA) is 38.3 Å². The van der Waals surface area contributed by atoms with Gasteiger partial charge in [-0.3, -0.25) is 4.79 Å². The van der Waals surface area contributed by atoms with Gasteiger partial charge in [0.2, 0.25) is 5.91 Å². The molecule has 0 radical (unpaired) electrons. The molecule has 6 heteroatoms. The number of rotatable bonds is 5. The Morgan fingerprint density at radius 3 is 2.25 bits per heavy atom. The van der Waals surface area contributed by atoms with Crippen LogP contribution in [0.3, 0.4) is 0 Å². The molecule has 0 aliphatic carbocycles. The predicted octanol–water partition coefficient (Wildman–Crippen LogP) is 4.31. The first-order chi connectivity index (χ1) is 9.12. The molecule has 1 aliphatic rings. The minimum atomic E-state index is -1.68. The summed E-state index contributed by atoms with van der Waals surface area (Å²) < 4.78 is 6.20. The Morgan fingerprint density at radius 2 is 1.80 bits per heavy atom. The van der Waals surface area contributed by atoms with Gasteiger partial charge in [-0.05, 0) is 30.3 Å². The highest BCUT2D eigenvalue weighted by molar-refractivity contribution is 8.79. The Kier molecular flexibility index (Phi) is 6.44. The van der Waals surface area contributed by atoms with E-state index >= 15 is 0 Å². The highest BCUT2D eigenvalue weighted by Gasteiger charge is 2.37. The standard InChI is InChI=1S/C14H25NO2S2Si/c1-11(16)15-9-12-7-8-13(19-18-12)10-17-20(5,6)14(2,3)4/h7-8H,9-10H2,1-6H3,(H,15,16). The number of hydrogen-bond acceptors (Lipinski definition) is 4. The molecule has 20 heavy (non-hydrogen) atoms. The van der Waals surface area contributed by atoms with E-state index in [1.54, 1.807) is 21.6 Å². The molecule has 0 bridgehead atoms. The third kappa shape index (κ3) is 5.67. The van der Waals surface area contributed by atoms with Crippen molar-refractivity contribution in [1.82, 2.24) is 5.32 Å². The molecule has 3 nitrogen and oxygen atoms in total. The van der Waals surface area contributed by atoms with Crippen LogP contribution in [0.25, 0.3) is 0 Å². The van der Waals surface area contributed by atoms with E-state index in [1.165, 1.54) is 16.7 Å². The molecule has 0 unspecified atom stereocenters. The average molecular weight is 332 g/mol. The normalized spacial score (nSPS) is 16.5. The maximum Gasteiger partial charge on any atom is 0.217 e. The number of hydrogen-bond donors (Lipinski definition) is 1. The van der Waals surface area contributed by atoms with Gasteiger partial charge in [0.15, 0.2) is 8.32 Å². The van der Waals surface area contributed by atoms with Gasteiger partial charge in [0.1, 0.15) is 0 Å². The molecule has 0 spiro atoms. The summed E-state index contributed by atoms with van der Waals surface area (Å²) in [5, 5.41) is 3.05. The predicted molar refractivity (Wildman–Crippen MR) is 93.2 cm³/mol. The fourth-order valence-corrected chi connectivity index (χ4v) is 4.24. The van der Waals surface area contributed by atoms with Gasteiger partial charge in [0.25, 0.3) is 0 Å². The Bertz CT molecular complexity index is 425. The Labute approximate surface area is 131 Å². The fourth-order valence-electron chi connectivity index (χ4n) is 1.19. The third-order valence-corrected chi connectivity index (χ3v) is 10.7. The molecule has 1 aliphatic heterocycles. The summed E-state index contributed by atoms with van der Waals surface area (Å²) in [6.45, 7) is 14.1. The third-order valence-electron chi connectivity index (χ3n) is 3.60. The van der Waals surface area contributed by atoms with Crippen LogP contribution in [0.15, 0.2) is 22.0 Å². The van der Waals surface area contributed by atoms with Gasteiger partial charge in [-0.2, -0.15) is 0 Å². The van der Waals surface area contributed by atoms with Crippen LogP contribution in [0, 0.1) is 0 Å². The summed E-state index contributed by atoms with van der Waals surface area (Å²) in [6.07, 6.45) is 4.17. The van der Waals surface area contributed by atoms with E-state index in [0.717, 1.165) is 0 Å². The minimum Gasteiger partial charge on any atom is -0.412 e. The van der Waals surface area contributed by atoms with Crippen LogP contribution in [0.2, 0.25) is 18.1 Å². The molecule has 0 atom stereocenters. The largest absolute Gasteiger partial charge is 0.412 e. The lowest BCUT2D eigenvalue weighted by Gasteiger charge is -2.36. The lowest BCUT2D eigenvalue weighted by atomic mass is 10.2. The quantitative estimate of drug-likeness (QED) is 0.602. The van der Waals surface area contributed by atoms with Crippen molar-refractivity contribution in [2.75, 3.05) is 13.2 Å². The van der Waals surface area contributed by atoms with E-state index in [-0.39, 0.29) is 10.9 Å². The first-order valence-electron chi connectivity index (χ1n) is 6.74. The van der Waals surface area contributed by atoms with Gasteiger partial charge in [0, 0.05) is 23.3 Å². The first-order valence-corrected chi connectivity index (χ1v) is 11.8. The van der Waals surface area contributed by atoms with Gasteiger partial charge >= 0.3 is 0 Å². The minimum absolute atomic E-state index is 0.00698.